The van der Waals surface area contributed by atoms with Crippen LogP contribution in [0.4, 0.5) is 5.88 Å². The van der Waals surface area contributed by atoms with E-state index < -0.39 is 0 Å². The number of carbonyl (C=O) groups excluding carboxylic acids is 1. The van der Waals surface area contributed by atoms with Crippen LogP contribution in [0.3, 0.4) is 0 Å². The van der Waals surface area contributed by atoms with E-state index in [0.29, 0.717) is 43.5 Å². The molecule has 7 nitrogen and oxygen atoms in total. The van der Waals surface area contributed by atoms with Crippen LogP contribution in [0.5, 0.6) is 5.75 Å². The summed E-state index contributed by atoms with van der Waals surface area (Å²) in [6, 6.07) is 17.3. The molecule has 0 saturated carbocycles. The maximum atomic E-state index is 12.8. The highest BCUT2D eigenvalue weighted by molar-refractivity contribution is 5.94. The van der Waals surface area contributed by atoms with E-state index >= 15 is 0 Å². The number of amides is 1. The molecule has 7 heteroatoms. The summed E-state index contributed by atoms with van der Waals surface area (Å²) in [6.07, 6.45) is 3.56. The van der Waals surface area contributed by atoms with E-state index in [4.69, 9.17) is 9.15 Å². The molecule has 162 valence electrons. The third kappa shape index (κ3) is 4.49. The summed E-state index contributed by atoms with van der Waals surface area (Å²) in [5.74, 6) is 1.55. The van der Waals surface area contributed by atoms with Crippen LogP contribution in [-0.4, -0.2) is 49.1 Å². The van der Waals surface area contributed by atoms with Gasteiger partial charge >= 0.3 is 0 Å². The van der Waals surface area contributed by atoms with Crippen LogP contribution in [0.25, 0.3) is 12.2 Å². The van der Waals surface area contributed by atoms with Crippen molar-refractivity contribution in [2.75, 3.05) is 38.2 Å². The molecular weight excluding hydrogens is 404 g/mol. The Bertz CT molecular complexity index is 1170. The normalized spacial score (nSPS) is 13.9. The van der Waals surface area contributed by atoms with Crippen LogP contribution in [-0.2, 0) is 0 Å². The standard InChI is InChI=1S/C25H24N4O3/c1-18-7-9-20(10-8-18)24(30)28-13-15-29(16-14-28)25-21(17-26)27-23(32-25)12-11-19-5-3-4-6-22(19)31-2/h3-12H,13-16H2,1-2H3. The fourth-order valence-electron chi connectivity index (χ4n) is 3.64. The molecule has 4 rings (SSSR count). The first-order valence-corrected chi connectivity index (χ1v) is 10.4. The molecule has 0 bridgehead atoms. The smallest absolute Gasteiger partial charge is 0.253 e. The first-order valence-electron chi connectivity index (χ1n) is 10.4. The highest BCUT2D eigenvalue weighted by atomic mass is 16.5. The molecule has 0 atom stereocenters. The summed E-state index contributed by atoms with van der Waals surface area (Å²) in [5.41, 5.74) is 2.93. The van der Waals surface area contributed by atoms with Crippen molar-refractivity contribution in [3.05, 3.63) is 76.8 Å². The Hall–Kier alpha value is -4.05. The lowest BCUT2D eigenvalue weighted by Crippen LogP contribution is -2.48. The van der Waals surface area contributed by atoms with Gasteiger partial charge < -0.3 is 19.0 Å². The topological polar surface area (TPSA) is 82.6 Å². The van der Waals surface area contributed by atoms with E-state index in [9.17, 15) is 10.1 Å². The Morgan fingerprint density at radius 2 is 1.81 bits per heavy atom. The number of aryl methyl sites for hydroxylation is 1. The first kappa shape index (κ1) is 21.2. The molecule has 1 aliphatic heterocycles. The van der Waals surface area contributed by atoms with Gasteiger partial charge in [0.25, 0.3) is 5.91 Å². The molecule has 0 unspecified atom stereocenters. The third-order valence-corrected chi connectivity index (χ3v) is 5.43. The van der Waals surface area contributed by atoms with Crippen molar-refractivity contribution >= 4 is 23.9 Å². The van der Waals surface area contributed by atoms with Gasteiger partial charge in [0.2, 0.25) is 17.5 Å². The number of oxazole rings is 1. The molecule has 2 aromatic carbocycles. The summed E-state index contributed by atoms with van der Waals surface area (Å²) in [4.78, 5) is 20.8. The van der Waals surface area contributed by atoms with Crippen LogP contribution < -0.4 is 9.64 Å². The van der Waals surface area contributed by atoms with Gasteiger partial charge in [-0.15, -0.1) is 0 Å². The zero-order valence-electron chi connectivity index (χ0n) is 18.1. The average molecular weight is 428 g/mol. The second-order valence-corrected chi connectivity index (χ2v) is 7.54. The number of hydrogen-bond donors (Lipinski definition) is 0. The number of rotatable bonds is 5. The molecule has 1 saturated heterocycles. The molecule has 1 aliphatic rings. The highest BCUT2D eigenvalue weighted by Gasteiger charge is 2.26. The predicted molar refractivity (Wildman–Crippen MR) is 122 cm³/mol. The minimum absolute atomic E-state index is 0.0168. The second-order valence-electron chi connectivity index (χ2n) is 7.54. The van der Waals surface area contributed by atoms with Gasteiger partial charge in [0.1, 0.15) is 11.8 Å². The quantitative estimate of drug-likeness (QED) is 0.611. The summed E-state index contributed by atoms with van der Waals surface area (Å²) < 4.78 is 11.2. The van der Waals surface area contributed by atoms with Gasteiger partial charge in [0.05, 0.1) is 7.11 Å². The Balaban J connectivity index is 1.45. The van der Waals surface area contributed by atoms with Gasteiger partial charge in [0, 0.05) is 43.4 Å². The SMILES string of the molecule is COc1ccccc1C=Cc1nc(C#N)c(N2CCN(C(=O)c3ccc(C)cc3)CC2)o1. The van der Waals surface area contributed by atoms with Crippen LogP contribution in [0.1, 0.15) is 33.1 Å². The number of hydrogen-bond acceptors (Lipinski definition) is 6. The second kappa shape index (κ2) is 9.40. The van der Waals surface area contributed by atoms with Crippen molar-refractivity contribution in [3.8, 4) is 11.8 Å². The van der Waals surface area contributed by atoms with Crippen molar-refractivity contribution in [2.24, 2.45) is 0 Å². The number of benzene rings is 2. The summed E-state index contributed by atoms with van der Waals surface area (Å²) in [7, 11) is 1.62. The van der Waals surface area contributed by atoms with Crippen molar-refractivity contribution < 1.29 is 13.9 Å². The van der Waals surface area contributed by atoms with E-state index in [0.717, 1.165) is 16.9 Å². The number of nitrogens with zero attached hydrogens (tertiary/aromatic N) is 4. The zero-order valence-corrected chi connectivity index (χ0v) is 18.1. The molecule has 0 radical (unpaired) electrons. The monoisotopic (exact) mass is 428 g/mol. The van der Waals surface area contributed by atoms with Crippen molar-refractivity contribution in [2.45, 2.75) is 6.92 Å². The first-order chi connectivity index (χ1) is 15.6. The van der Waals surface area contributed by atoms with Crippen LogP contribution in [0.15, 0.2) is 52.9 Å². The number of para-hydroxylation sites is 1. The van der Waals surface area contributed by atoms with Crippen molar-refractivity contribution in [1.29, 1.82) is 5.26 Å². The molecule has 3 aromatic rings. The number of ether oxygens (including phenoxy) is 1. The van der Waals surface area contributed by atoms with Gasteiger partial charge in [-0.3, -0.25) is 4.79 Å². The summed E-state index contributed by atoms with van der Waals surface area (Å²) >= 11 is 0. The minimum atomic E-state index is 0.0168. The predicted octanol–water partition coefficient (Wildman–Crippen LogP) is 4.00. The van der Waals surface area contributed by atoms with Gasteiger partial charge in [0.15, 0.2) is 0 Å². The van der Waals surface area contributed by atoms with Gasteiger partial charge in [-0.2, -0.15) is 10.2 Å². The van der Waals surface area contributed by atoms with Gasteiger partial charge in [-0.05, 0) is 31.2 Å². The Morgan fingerprint density at radius 3 is 2.50 bits per heavy atom. The molecule has 2 heterocycles. The van der Waals surface area contributed by atoms with Crippen LogP contribution in [0, 0.1) is 18.3 Å². The number of aromatic nitrogens is 1. The molecular formula is C25H24N4O3. The van der Waals surface area contributed by atoms with Crippen LogP contribution >= 0.6 is 0 Å². The molecule has 0 aliphatic carbocycles. The molecule has 1 amide bonds. The van der Waals surface area contributed by atoms with Crippen molar-refractivity contribution in [3.63, 3.8) is 0 Å². The van der Waals surface area contributed by atoms with Crippen molar-refractivity contribution in [1.82, 2.24) is 9.88 Å². The van der Waals surface area contributed by atoms with E-state index in [2.05, 4.69) is 11.1 Å². The maximum Gasteiger partial charge on any atom is 0.253 e. The van der Waals surface area contributed by atoms with E-state index in [1.807, 2.05) is 71.3 Å². The van der Waals surface area contributed by atoms with Gasteiger partial charge in [-0.1, -0.05) is 35.9 Å². The number of piperazine rings is 1. The lowest BCUT2D eigenvalue weighted by Gasteiger charge is -2.34. The Labute approximate surface area is 187 Å². The average Bonchev–Trinajstić information content (AvgIpc) is 3.26. The van der Waals surface area contributed by atoms with Gasteiger partial charge in [-0.25, -0.2) is 0 Å². The summed E-state index contributed by atoms with van der Waals surface area (Å²) in [6.45, 7) is 4.22. The molecule has 32 heavy (non-hydrogen) atoms. The Morgan fingerprint density at radius 1 is 1.09 bits per heavy atom. The lowest BCUT2D eigenvalue weighted by atomic mass is 10.1. The molecule has 0 N–H and O–H groups in total. The largest absolute Gasteiger partial charge is 0.496 e. The Kier molecular flexibility index (Phi) is 6.22. The number of nitriles is 1. The van der Waals surface area contributed by atoms with Crippen LogP contribution in [0.2, 0.25) is 0 Å². The number of carbonyl (C=O) groups is 1. The fourth-order valence-corrected chi connectivity index (χ4v) is 3.64. The molecule has 1 aromatic heterocycles. The van der Waals surface area contributed by atoms with E-state index in [-0.39, 0.29) is 11.6 Å². The fraction of sp³-hybridized carbons (Fsp3) is 0.240. The van der Waals surface area contributed by atoms with E-state index in [1.165, 1.54) is 0 Å². The maximum absolute atomic E-state index is 12.8. The summed E-state index contributed by atoms with van der Waals surface area (Å²) in [5, 5.41) is 9.53. The zero-order chi connectivity index (χ0) is 22.5. The molecule has 1 fully saturated rings. The number of methoxy groups -OCH3 is 1. The highest BCUT2D eigenvalue weighted by Crippen LogP contribution is 2.26. The minimum Gasteiger partial charge on any atom is -0.496 e. The lowest BCUT2D eigenvalue weighted by molar-refractivity contribution is 0.0745. The third-order valence-electron chi connectivity index (χ3n) is 5.43. The van der Waals surface area contributed by atoms with E-state index in [1.54, 1.807) is 13.2 Å². The number of anilines is 1. The molecule has 0 spiro atoms.